The molecular weight excluding hydrogens is 225 g/mol. The summed E-state index contributed by atoms with van der Waals surface area (Å²) < 4.78 is 13.1. The standard InChI is InChI=1S/C16H26FN/c1-6-13(11-18-16(3,4)5)10-14-7-8-15(17)9-12(14)2/h7-9,13,18H,6,10-11H2,1-5H3. The molecule has 1 rings (SSSR count). The Morgan fingerprint density at radius 2 is 1.94 bits per heavy atom. The second kappa shape index (κ2) is 6.33. The maximum absolute atomic E-state index is 13.1. The fourth-order valence-electron chi connectivity index (χ4n) is 2.01. The lowest BCUT2D eigenvalue weighted by molar-refractivity contribution is 0.363. The number of halogens is 1. The Kier molecular flexibility index (Phi) is 5.33. The summed E-state index contributed by atoms with van der Waals surface area (Å²) in [5.41, 5.74) is 2.48. The van der Waals surface area contributed by atoms with Crippen LogP contribution < -0.4 is 5.32 Å². The predicted octanol–water partition coefficient (Wildman–Crippen LogP) is 4.09. The molecule has 18 heavy (non-hydrogen) atoms. The Hall–Kier alpha value is -0.890. The number of hydrogen-bond donors (Lipinski definition) is 1. The summed E-state index contributed by atoms with van der Waals surface area (Å²) in [7, 11) is 0. The molecule has 0 fully saturated rings. The first-order valence-electron chi connectivity index (χ1n) is 6.82. The van der Waals surface area contributed by atoms with Gasteiger partial charge in [-0.1, -0.05) is 19.4 Å². The van der Waals surface area contributed by atoms with Gasteiger partial charge in [0.15, 0.2) is 0 Å². The quantitative estimate of drug-likeness (QED) is 0.831. The lowest BCUT2D eigenvalue weighted by Gasteiger charge is -2.25. The van der Waals surface area contributed by atoms with Gasteiger partial charge in [0, 0.05) is 5.54 Å². The summed E-state index contributed by atoms with van der Waals surface area (Å²) in [5, 5.41) is 3.55. The van der Waals surface area contributed by atoms with Crippen LogP contribution in [0.5, 0.6) is 0 Å². The van der Waals surface area contributed by atoms with Gasteiger partial charge in [-0.2, -0.15) is 0 Å². The molecule has 0 aromatic heterocycles. The van der Waals surface area contributed by atoms with E-state index >= 15 is 0 Å². The van der Waals surface area contributed by atoms with Gasteiger partial charge < -0.3 is 5.32 Å². The van der Waals surface area contributed by atoms with Gasteiger partial charge in [-0.05, 0) is 69.8 Å². The van der Waals surface area contributed by atoms with Crippen molar-refractivity contribution in [1.82, 2.24) is 5.32 Å². The highest BCUT2D eigenvalue weighted by molar-refractivity contribution is 5.27. The van der Waals surface area contributed by atoms with Crippen molar-refractivity contribution in [3.05, 3.63) is 35.1 Å². The molecule has 0 aliphatic rings. The van der Waals surface area contributed by atoms with E-state index in [1.165, 1.54) is 5.56 Å². The molecule has 1 unspecified atom stereocenters. The van der Waals surface area contributed by atoms with Gasteiger partial charge in [-0.15, -0.1) is 0 Å². The smallest absolute Gasteiger partial charge is 0.123 e. The van der Waals surface area contributed by atoms with Crippen molar-refractivity contribution in [2.75, 3.05) is 6.54 Å². The van der Waals surface area contributed by atoms with Crippen LogP contribution in [0.3, 0.4) is 0 Å². The minimum absolute atomic E-state index is 0.142. The number of aryl methyl sites for hydroxylation is 1. The number of benzene rings is 1. The molecule has 102 valence electrons. The largest absolute Gasteiger partial charge is 0.312 e. The Bertz CT molecular complexity index is 379. The topological polar surface area (TPSA) is 12.0 Å². The summed E-state index contributed by atoms with van der Waals surface area (Å²) in [5.74, 6) is 0.463. The maximum atomic E-state index is 13.1. The van der Waals surface area contributed by atoms with Crippen LogP contribution in [-0.4, -0.2) is 12.1 Å². The van der Waals surface area contributed by atoms with Crippen molar-refractivity contribution in [3.8, 4) is 0 Å². The van der Waals surface area contributed by atoms with E-state index in [9.17, 15) is 4.39 Å². The normalized spacial score (nSPS) is 13.7. The average molecular weight is 251 g/mol. The summed E-state index contributed by atoms with van der Waals surface area (Å²) in [6.07, 6.45) is 2.16. The van der Waals surface area contributed by atoms with Gasteiger partial charge >= 0.3 is 0 Å². The van der Waals surface area contributed by atoms with Crippen molar-refractivity contribution in [2.45, 2.75) is 53.0 Å². The molecule has 0 amide bonds. The number of nitrogens with one attached hydrogen (secondary N) is 1. The van der Waals surface area contributed by atoms with Gasteiger partial charge in [0.25, 0.3) is 0 Å². The van der Waals surface area contributed by atoms with Crippen molar-refractivity contribution in [2.24, 2.45) is 5.92 Å². The molecule has 0 spiro atoms. The molecule has 1 aromatic rings. The van der Waals surface area contributed by atoms with Crippen LogP contribution in [0.25, 0.3) is 0 Å². The maximum Gasteiger partial charge on any atom is 0.123 e. The number of rotatable bonds is 5. The molecule has 0 radical (unpaired) electrons. The van der Waals surface area contributed by atoms with Gasteiger partial charge in [-0.3, -0.25) is 0 Å². The molecule has 0 saturated carbocycles. The van der Waals surface area contributed by atoms with Crippen LogP contribution in [-0.2, 0) is 6.42 Å². The van der Waals surface area contributed by atoms with E-state index < -0.39 is 0 Å². The van der Waals surface area contributed by atoms with E-state index in [1.54, 1.807) is 12.1 Å². The first kappa shape index (κ1) is 15.2. The van der Waals surface area contributed by atoms with Crippen molar-refractivity contribution < 1.29 is 4.39 Å². The number of hydrogen-bond acceptors (Lipinski definition) is 1. The summed E-state index contributed by atoms with van der Waals surface area (Å²) in [6.45, 7) is 11.8. The summed E-state index contributed by atoms with van der Waals surface area (Å²) >= 11 is 0. The summed E-state index contributed by atoms with van der Waals surface area (Å²) in [4.78, 5) is 0. The minimum Gasteiger partial charge on any atom is -0.312 e. The molecule has 1 nitrogen and oxygen atoms in total. The zero-order valence-electron chi connectivity index (χ0n) is 12.3. The highest BCUT2D eigenvalue weighted by Crippen LogP contribution is 2.17. The van der Waals surface area contributed by atoms with E-state index in [0.717, 1.165) is 24.9 Å². The Morgan fingerprint density at radius 1 is 1.28 bits per heavy atom. The zero-order valence-corrected chi connectivity index (χ0v) is 12.3. The first-order valence-corrected chi connectivity index (χ1v) is 6.82. The lowest BCUT2D eigenvalue weighted by Crippen LogP contribution is -2.39. The van der Waals surface area contributed by atoms with Gasteiger partial charge in [-0.25, -0.2) is 4.39 Å². The van der Waals surface area contributed by atoms with E-state index in [1.807, 2.05) is 13.0 Å². The highest BCUT2D eigenvalue weighted by atomic mass is 19.1. The molecular formula is C16H26FN. The van der Waals surface area contributed by atoms with Gasteiger partial charge in [0.2, 0.25) is 0 Å². The zero-order chi connectivity index (χ0) is 13.8. The fourth-order valence-corrected chi connectivity index (χ4v) is 2.01. The second-order valence-electron chi connectivity index (χ2n) is 6.18. The minimum atomic E-state index is -0.142. The first-order chi connectivity index (χ1) is 8.31. The molecule has 1 atom stereocenters. The molecule has 0 heterocycles. The molecule has 0 bridgehead atoms. The van der Waals surface area contributed by atoms with Crippen LogP contribution in [0, 0.1) is 18.7 Å². The predicted molar refractivity (Wildman–Crippen MR) is 76.4 cm³/mol. The molecule has 2 heteroatoms. The van der Waals surface area contributed by atoms with Crippen LogP contribution in [0.4, 0.5) is 4.39 Å². The lowest BCUT2D eigenvalue weighted by atomic mass is 9.93. The van der Waals surface area contributed by atoms with Crippen LogP contribution in [0.1, 0.15) is 45.2 Å². The Morgan fingerprint density at radius 3 is 2.44 bits per heavy atom. The van der Waals surface area contributed by atoms with Crippen LogP contribution in [0.2, 0.25) is 0 Å². The van der Waals surface area contributed by atoms with Crippen molar-refractivity contribution >= 4 is 0 Å². The molecule has 0 saturated heterocycles. The van der Waals surface area contributed by atoms with E-state index in [-0.39, 0.29) is 11.4 Å². The monoisotopic (exact) mass is 251 g/mol. The average Bonchev–Trinajstić information content (AvgIpc) is 2.25. The van der Waals surface area contributed by atoms with Crippen LogP contribution in [0.15, 0.2) is 18.2 Å². The SMILES string of the molecule is CCC(CNC(C)(C)C)Cc1ccc(F)cc1C. The summed E-state index contributed by atoms with van der Waals surface area (Å²) in [6, 6.07) is 5.11. The second-order valence-corrected chi connectivity index (χ2v) is 6.18. The van der Waals surface area contributed by atoms with Gasteiger partial charge in [0.05, 0.1) is 0 Å². The van der Waals surface area contributed by atoms with E-state index in [4.69, 9.17) is 0 Å². The highest BCUT2D eigenvalue weighted by Gasteiger charge is 2.14. The Balaban J connectivity index is 2.62. The third-order valence-corrected chi connectivity index (χ3v) is 3.31. The van der Waals surface area contributed by atoms with Crippen molar-refractivity contribution in [3.63, 3.8) is 0 Å². The van der Waals surface area contributed by atoms with Crippen LogP contribution >= 0.6 is 0 Å². The van der Waals surface area contributed by atoms with Gasteiger partial charge in [0.1, 0.15) is 5.82 Å². The fraction of sp³-hybridized carbons (Fsp3) is 0.625. The molecule has 1 N–H and O–H groups in total. The molecule has 0 aliphatic heterocycles. The van der Waals surface area contributed by atoms with E-state index in [0.29, 0.717) is 5.92 Å². The Labute approximate surface area is 111 Å². The third-order valence-electron chi connectivity index (χ3n) is 3.31. The van der Waals surface area contributed by atoms with Crippen molar-refractivity contribution in [1.29, 1.82) is 0 Å². The van der Waals surface area contributed by atoms with E-state index in [2.05, 4.69) is 33.0 Å². The molecule has 1 aromatic carbocycles. The third kappa shape index (κ3) is 5.18. The molecule has 0 aliphatic carbocycles.